The Morgan fingerprint density at radius 1 is 1.37 bits per heavy atom. The monoisotopic (exact) mass is 380 g/mol. The third-order valence-corrected chi connectivity index (χ3v) is 4.41. The maximum Gasteiger partial charge on any atom is 0.409 e. The van der Waals surface area contributed by atoms with Gasteiger partial charge in [0, 0.05) is 31.2 Å². The summed E-state index contributed by atoms with van der Waals surface area (Å²) in [7, 11) is 0. The topological polar surface area (TPSA) is 86.2 Å². The number of likely N-dealkylation sites (tertiary alicyclic amines) is 1. The fraction of sp³-hybridized carbons (Fsp3) is 0.579. The van der Waals surface area contributed by atoms with Crippen molar-refractivity contribution < 1.29 is 19.0 Å². The quantitative estimate of drug-likeness (QED) is 0.519. The van der Waals surface area contributed by atoms with E-state index < -0.39 is 5.82 Å². The number of nitrogens with one attached hydrogen (secondary N) is 2. The van der Waals surface area contributed by atoms with E-state index in [1.54, 1.807) is 24.0 Å². The number of ether oxygens (including phenoxy) is 1. The molecule has 1 amide bonds. The van der Waals surface area contributed by atoms with Gasteiger partial charge in [0.1, 0.15) is 5.82 Å². The van der Waals surface area contributed by atoms with E-state index in [1.165, 1.54) is 6.07 Å². The van der Waals surface area contributed by atoms with Crippen LogP contribution in [0.2, 0.25) is 0 Å². The Kier molecular flexibility index (Phi) is 8.32. The van der Waals surface area contributed by atoms with Crippen LogP contribution in [-0.4, -0.2) is 54.3 Å². The summed E-state index contributed by atoms with van der Waals surface area (Å²) < 4.78 is 18.5. The van der Waals surface area contributed by atoms with Gasteiger partial charge in [-0.2, -0.15) is 0 Å². The van der Waals surface area contributed by atoms with Crippen molar-refractivity contribution in [3.05, 3.63) is 35.1 Å². The number of rotatable bonds is 6. The molecule has 0 saturated carbocycles. The maximum absolute atomic E-state index is 13.5. The first-order valence-electron chi connectivity index (χ1n) is 9.42. The van der Waals surface area contributed by atoms with Crippen molar-refractivity contribution in [3.63, 3.8) is 0 Å². The van der Waals surface area contributed by atoms with E-state index in [9.17, 15) is 14.3 Å². The van der Waals surface area contributed by atoms with Gasteiger partial charge in [0.2, 0.25) is 0 Å². The van der Waals surface area contributed by atoms with Gasteiger partial charge in [-0.15, -0.1) is 0 Å². The molecule has 7 nitrogen and oxygen atoms in total. The van der Waals surface area contributed by atoms with E-state index in [0.29, 0.717) is 32.2 Å². The van der Waals surface area contributed by atoms with Gasteiger partial charge in [0.25, 0.3) is 0 Å². The van der Waals surface area contributed by atoms with Crippen molar-refractivity contribution in [3.8, 4) is 0 Å². The number of aliphatic hydroxyl groups is 1. The highest BCUT2D eigenvalue weighted by Gasteiger charge is 2.24. The van der Waals surface area contributed by atoms with Crippen molar-refractivity contribution in [2.24, 2.45) is 4.99 Å². The summed E-state index contributed by atoms with van der Waals surface area (Å²) in [4.78, 5) is 18.0. The van der Waals surface area contributed by atoms with Crippen molar-refractivity contribution in [1.82, 2.24) is 15.5 Å². The molecule has 8 heteroatoms. The third kappa shape index (κ3) is 6.39. The number of amides is 1. The number of aliphatic hydroxyl groups excluding tert-OH is 1. The standard InChI is InChI=1S/C19H29FN4O3/c1-3-21-18(22-12-14-5-6-17(20)15(11-14)13-25)23-16-7-9-24(10-8-16)19(26)27-4-2/h5-6,11,16,25H,3-4,7-10,12-13H2,1-2H3,(H2,21,22,23). The first kappa shape index (κ1) is 21.0. The van der Waals surface area contributed by atoms with Crippen LogP contribution >= 0.6 is 0 Å². The highest BCUT2D eigenvalue weighted by atomic mass is 19.1. The Labute approximate surface area is 159 Å². The van der Waals surface area contributed by atoms with Crippen LogP contribution in [0.3, 0.4) is 0 Å². The number of hydrogen-bond acceptors (Lipinski definition) is 4. The lowest BCUT2D eigenvalue weighted by molar-refractivity contribution is 0.0963. The highest BCUT2D eigenvalue weighted by molar-refractivity contribution is 5.80. The van der Waals surface area contributed by atoms with E-state index >= 15 is 0 Å². The van der Waals surface area contributed by atoms with Crippen molar-refractivity contribution >= 4 is 12.1 Å². The first-order valence-corrected chi connectivity index (χ1v) is 9.42. The number of piperidine rings is 1. The molecule has 1 saturated heterocycles. The molecule has 0 aromatic heterocycles. The molecule has 150 valence electrons. The smallest absolute Gasteiger partial charge is 0.409 e. The number of benzene rings is 1. The predicted molar refractivity (Wildman–Crippen MR) is 102 cm³/mol. The highest BCUT2D eigenvalue weighted by Crippen LogP contribution is 2.13. The first-order chi connectivity index (χ1) is 13.1. The summed E-state index contributed by atoms with van der Waals surface area (Å²) >= 11 is 0. The number of aliphatic imine (C=N–C) groups is 1. The number of hydrogen-bond donors (Lipinski definition) is 3. The lowest BCUT2D eigenvalue weighted by Crippen LogP contribution is -2.49. The average Bonchev–Trinajstić information content (AvgIpc) is 2.68. The lowest BCUT2D eigenvalue weighted by Gasteiger charge is -2.32. The second-order valence-corrected chi connectivity index (χ2v) is 6.38. The van der Waals surface area contributed by atoms with Gasteiger partial charge in [0.15, 0.2) is 5.96 Å². The molecule has 1 aromatic rings. The van der Waals surface area contributed by atoms with Gasteiger partial charge in [-0.05, 0) is 44.4 Å². The van der Waals surface area contributed by atoms with Gasteiger partial charge >= 0.3 is 6.09 Å². The van der Waals surface area contributed by atoms with E-state index in [-0.39, 0.29) is 24.3 Å². The summed E-state index contributed by atoms with van der Waals surface area (Å²) in [6, 6.07) is 4.86. The number of halogens is 1. The fourth-order valence-corrected chi connectivity index (χ4v) is 2.95. The fourth-order valence-electron chi connectivity index (χ4n) is 2.95. The van der Waals surface area contributed by atoms with Crippen LogP contribution in [0, 0.1) is 5.82 Å². The number of carbonyl (C=O) groups excluding carboxylic acids is 1. The van der Waals surface area contributed by atoms with Gasteiger partial charge in [0.05, 0.1) is 19.8 Å². The average molecular weight is 380 g/mol. The SMILES string of the molecule is CCNC(=NCc1ccc(F)c(CO)c1)NC1CCN(C(=O)OCC)CC1. The third-order valence-electron chi connectivity index (χ3n) is 4.41. The Morgan fingerprint density at radius 2 is 2.11 bits per heavy atom. The van der Waals surface area contributed by atoms with Crippen molar-refractivity contribution in [1.29, 1.82) is 0 Å². The molecule has 1 fully saturated rings. The van der Waals surface area contributed by atoms with Gasteiger partial charge in [-0.3, -0.25) is 0 Å². The van der Waals surface area contributed by atoms with Crippen LogP contribution in [0.5, 0.6) is 0 Å². The Hall–Kier alpha value is -2.35. The normalized spacial score (nSPS) is 15.6. The van der Waals surface area contributed by atoms with E-state index in [2.05, 4.69) is 15.6 Å². The lowest BCUT2D eigenvalue weighted by atomic mass is 10.1. The largest absolute Gasteiger partial charge is 0.450 e. The summed E-state index contributed by atoms with van der Waals surface area (Å²) in [6.45, 7) is 6.24. The van der Waals surface area contributed by atoms with Crippen LogP contribution in [0.4, 0.5) is 9.18 Å². The molecule has 1 aliphatic heterocycles. The molecular weight excluding hydrogens is 351 g/mol. The minimum atomic E-state index is -0.413. The van der Waals surface area contributed by atoms with E-state index in [1.807, 2.05) is 6.92 Å². The second-order valence-electron chi connectivity index (χ2n) is 6.38. The number of guanidine groups is 1. The summed E-state index contributed by atoms with van der Waals surface area (Å²) in [5, 5.41) is 15.8. The predicted octanol–water partition coefficient (Wildman–Crippen LogP) is 1.99. The molecule has 2 rings (SSSR count). The van der Waals surface area contributed by atoms with Crippen LogP contribution < -0.4 is 10.6 Å². The molecule has 1 aliphatic rings. The van der Waals surface area contributed by atoms with E-state index in [4.69, 9.17) is 4.74 Å². The van der Waals surface area contributed by atoms with Gasteiger partial charge < -0.3 is 25.4 Å². The summed E-state index contributed by atoms with van der Waals surface area (Å²) in [6.07, 6.45) is 1.37. The zero-order valence-corrected chi connectivity index (χ0v) is 16.0. The Bertz CT molecular complexity index is 646. The zero-order chi connectivity index (χ0) is 19.6. The molecule has 0 aliphatic carbocycles. The number of nitrogens with zero attached hydrogens (tertiary/aromatic N) is 2. The van der Waals surface area contributed by atoms with Crippen molar-refractivity contribution in [2.75, 3.05) is 26.2 Å². The Balaban J connectivity index is 1.91. The summed E-state index contributed by atoms with van der Waals surface area (Å²) in [5.41, 5.74) is 1.10. The Morgan fingerprint density at radius 3 is 2.74 bits per heavy atom. The maximum atomic E-state index is 13.5. The minimum absolute atomic E-state index is 0.217. The van der Waals surface area contributed by atoms with Gasteiger partial charge in [-0.25, -0.2) is 14.2 Å². The molecule has 0 radical (unpaired) electrons. The molecule has 3 N–H and O–H groups in total. The molecule has 0 spiro atoms. The van der Waals surface area contributed by atoms with Crippen LogP contribution in [0.15, 0.2) is 23.2 Å². The van der Waals surface area contributed by atoms with E-state index in [0.717, 1.165) is 24.9 Å². The number of carbonyl (C=O) groups is 1. The molecule has 0 atom stereocenters. The van der Waals surface area contributed by atoms with Crippen LogP contribution in [-0.2, 0) is 17.9 Å². The minimum Gasteiger partial charge on any atom is -0.450 e. The molecule has 27 heavy (non-hydrogen) atoms. The van der Waals surface area contributed by atoms with Crippen LogP contribution in [0.25, 0.3) is 0 Å². The molecular formula is C19H29FN4O3. The second kappa shape index (κ2) is 10.7. The summed E-state index contributed by atoms with van der Waals surface area (Å²) in [5.74, 6) is 0.269. The molecule has 0 bridgehead atoms. The van der Waals surface area contributed by atoms with Crippen LogP contribution in [0.1, 0.15) is 37.8 Å². The van der Waals surface area contributed by atoms with Crippen molar-refractivity contribution in [2.45, 2.75) is 45.9 Å². The zero-order valence-electron chi connectivity index (χ0n) is 16.0. The molecule has 1 heterocycles. The molecule has 1 aromatic carbocycles. The van der Waals surface area contributed by atoms with Gasteiger partial charge in [-0.1, -0.05) is 6.07 Å². The molecule has 0 unspecified atom stereocenters.